The van der Waals surface area contributed by atoms with E-state index in [1.807, 2.05) is 13.8 Å². The van der Waals surface area contributed by atoms with Gasteiger partial charge in [0.2, 0.25) is 0 Å². The topological polar surface area (TPSA) is 78.0 Å². The van der Waals surface area contributed by atoms with E-state index in [9.17, 15) is 14.3 Å². The normalized spacial score (nSPS) is 11.5. The number of aromatic amines is 1. The summed E-state index contributed by atoms with van der Waals surface area (Å²) in [5, 5.41) is 19.6. The number of halogens is 1. The maximum Gasteiger partial charge on any atom is 0.269 e. The predicted molar refractivity (Wildman–Crippen MR) is 81.8 cm³/mol. The van der Waals surface area contributed by atoms with Crippen molar-refractivity contribution in [1.29, 1.82) is 0 Å². The Kier molecular flexibility index (Phi) is 4.92. The van der Waals surface area contributed by atoms with Crippen LogP contribution in [0.5, 0.6) is 0 Å². The standard InChI is InChI=1S/C16H20FN3O2/c1-3-16(22,4-2)10-18-15(21)14-9-13(19-20-14)11-5-7-12(17)8-6-11/h5-9,22H,3-4,10H2,1-2H3,(H,18,21)(H,19,20). The number of hydrogen-bond donors (Lipinski definition) is 3. The first-order valence-electron chi connectivity index (χ1n) is 7.29. The molecule has 0 aliphatic heterocycles. The lowest BCUT2D eigenvalue weighted by atomic mass is 9.97. The van der Waals surface area contributed by atoms with E-state index in [1.54, 1.807) is 18.2 Å². The minimum Gasteiger partial charge on any atom is -0.388 e. The molecule has 2 aromatic rings. The van der Waals surface area contributed by atoms with E-state index in [2.05, 4.69) is 15.5 Å². The van der Waals surface area contributed by atoms with E-state index in [0.29, 0.717) is 24.2 Å². The van der Waals surface area contributed by atoms with Crippen molar-refractivity contribution < 1.29 is 14.3 Å². The zero-order valence-electron chi connectivity index (χ0n) is 12.7. The lowest BCUT2D eigenvalue weighted by Crippen LogP contribution is -2.42. The molecule has 1 amide bonds. The molecule has 0 saturated carbocycles. The third-order valence-corrected chi connectivity index (χ3v) is 3.86. The number of aromatic nitrogens is 2. The number of rotatable bonds is 6. The van der Waals surface area contributed by atoms with Crippen LogP contribution in [-0.2, 0) is 0 Å². The molecule has 118 valence electrons. The van der Waals surface area contributed by atoms with Crippen molar-refractivity contribution in [2.24, 2.45) is 0 Å². The summed E-state index contributed by atoms with van der Waals surface area (Å²) in [6, 6.07) is 7.47. The molecule has 1 aromatic carbocycles. The number of aliphatic hydroxyl groups is 1. The zero-order valence-corrected chi connectivity index (χ0v) is 12.7. The van der Waals surface area contributed by atoms with E-state index < -0.39 is 5.60 Å². The van der Waals surface area contributed by atoms with Gasteiger partial charge in [0.15, 0.2) is 0 Å². The molecule has 5 nitrogen and oxygen atoms in total. The minimum atomic E-state index is -0.893. The highest BCUT2D eigenvalue weighted by Gasteiger charge is 2.23. The second-order valence-corrected chi connectivity index (χ2v) is 5.29. The molecule has 0 bridgehead atoms. The van der Waals surface area contributed by atoms with Crippen molar-refractivity contribution in [3.05, 3.63) is 41.8 Å². The predicted octanol–water partition coefficient (Wildman–Crippen LogP) is 2.50. The van der Waals surface area contributed by atoms with Gasteiger partial charge in [-0.25, -0.2) is 4.39 Å². The van der Waals surface area contributed by atoms with E-state index in [0.717, 1.165) is 5.56 Å². The monoisotopic (exact) mass is 305 g/mol. The van der Waals surface area contributed by atoms with Crippen LogP contribution < -0.4 is 5.32 Å². The Bertz CT molecular complexity index is 633. The molecule has 3 N–H and O–H groups in total. The fourth-order valence-corrected chi connectivity index (χ4v) is 2.05. The highest BCUT2D eigenvalue weighted by atomic mass is 19.1. The molecular weight excluding hydrogens is 285 g/mol. The molecule has 0 aliphatic rings. The van der Waals surface area contributed by atoms with Crippen LogP contribution in [-0.4, -0.2) is 33.4 Å². The average Bonchev–Trinajstić information content (AvgIpc) is 3.03. The Morgan fingerprint density at radius 1 is 1.32 bits per heavy atom. The van der Waals surface area contributed by atoms with Crippen LogP contribution in [0.2, 0.25) is 0 Å². The molecule has 1 aromatic heterocycles. The lowest BCUT2D eigenvalue weighted by molar-refractivity contribution is 0.0313. The van der Waals surface area contributed by atoms with Gasteiger partial charge < -0.3 is 10.4 Å². The van der Waals surface area contributed by atoms with Crippen LogP contribution in [0.3, 0.4) is 0 Å². The van der Waals surface area contributed by atoms with Crippen molar-refractivity contribution in [2.75, 3.05) is 6.54 Å². The van der Waals surface area contributed by atoms with Gasteiger partial charge in [-0.3, -0.25) is 9.89 Å². The van der Waals surface area contributed by atoms with Crippen molar-refractivity contribution >= 4 is 5.91 Å². The Morgan fingerprint density at radius 2 is 1.95 bits per heavy atom. The second-order valence-electron chi connectivity index (χ2n) is 5.29. The van der Waals surface area contributed by atoms with Crippen molar-refractivity contribution in [2.45, 2.75) is 32.3 Å². The summed E-state index contributed by atoms with van der Waals surface area (Å²) in [7, 11) is 0. The van der Waals surface area contributed by atoms with Gasteiger partial charge in [-0.05, 0) is 43.2 Å². The Hall–Kier alpha value is -2.21. The van der Waals surface area contributed by atoms with Crippen LogP contribution in [0.25, 0.3) is 11.3 Å². The van der Waals surface area contributed by atoms with Gasteiger partial charge >= 0.3 is 0 Å². The maximum absolute atomic E-state index is 12.9. The average molecular weight is 305 g/mol. The van der Waals surface area contributed by atoms with E-state index in [1.165, 1.54) is 12.1 Å². The first-order chi connectivity index (χ1) is 10.5. The fourth-order valence-electron chi connectivity index (χ4n) is 2.05. The van der Waals surface area contributed by atoms with Gasteiger partial charge in [-0.1, -0.05) is 13.8 Å². The molecular formula is C16H20FN3O2. The molecule has 22 heavy (non-hydrogen) atoms. The number of carbonyl (C=O) groups excluding carboxylic acids is 1. The minimum absolute atomic E-state index is 0.184. The first-order valence-corrected chi connectivity index (χ1v) is 7.29. The third-order valence-electron chi connectivity index (χ3n) is 3.86. The van der Waals surface area contributed by atoms with Crippen LogP contribution in [0, 0.1) is 5.82 Å². The smallest absolute Gasteiger partial charge is 0.269 e. The van der Waals surface area contributed by atoms with Gasteiger partial charge in [0.05, 0.1) is 11.3 Å². The van der Waals surface area contributed by atoms with Crippen LogP contribution in [0.15, 0.2) is 30.3 Å². The van der Waals surface area contributed by atoms with Gasteiger partial charge in [0.25, 0.3) is 5.91 Å². The van der Waals surface area contributed by atoms with Gasteiger partial charge in [0.1, 0.15) is 11.5 Å². The van der Waals surface area contributed by atoms with E-state index >= 15 is 0 Å². The first kappa shape index (κ1) is 16.2. The van der Waals surface area contributed by atoms with Crippen molar-refractivity contribution in [3.63, 3.8) is 0 Å². The Labute approximate surface area is 128 Å². The lowest BCUT2D eigenvalue weighted by Gasteiger charge is -2.25. The molecule has 0 fully saturated rings. The number of hydrogen-bond acceptors (Lipinski definition) is 3. The molecule has 0 atom stereocenters. The number of carbonyl (C=O) groups is 1. The summed E-state index contributed by atoms with van der Waals surface area (Å²) >= 11 is 0. The molecule has 2 rings (SSSR count). The highest BCUT2D eigenvalue weighted by Crippen LogP contribution is 2.18. The van der Waals surface area contributed by atoms with Crippen molar-refractivity contribution in [1.82, 2.24) is 15.5 Å². The summed E-state index contributed by atoms with van der Waals surface area (Å²) in [5.74, 6) is -0.656. The van der Waals surface area contributed by atoms with Crippen LogP contribution >= 0.6 is 0 Å². The molecule has 0 saturated heterocycles. The zero-order chi connectivity index (χ0) is 16.2. The summed E-state index contributed by atoms with van der Waals surface area (Å²) in [6.07, 6.45) is 1.13. The summed E-state index contributed by atoms with van der Waals surface area (Å²) in [5.41, 5.74) is 0.686. The number of amides is 1. The third kappa shape index (κ3) is 3.71. The summed E-state index contributed by atoms with van der Waals surface area (Å²) in [4.78, 5) is 12.1. The number of benzene rings is 1. The quantitative estimate of drug-likeness (QED) is 0.767. The van der Waals surface area contributed by atoms with Crippen LogP contribution in [0.1, 0.15) is 37.2 Å². The molecule has 0 unspecified atom stereocenters. The maximum atomic E-state index is 12.9. The van der Waals surface area contributed by atoms with Crippen LogP contribution in [0.4, 0.5) is 4.39 Å². The second kappa shape index (κ2) is 6.70. The molecule has 0 radical (unpaired) electrons. The molecule has 0 spiro atoms. The van der Waals surface area contributed by atoms with Crippen molar-refractivity contribution in [3.8, 4) is 11.3 Å². The Balaban J connectivity index is 2.05. The largest absolute Gasteiger partial charge is 0.388 e. The number of nitrogens with zero attached hydrogens (tertiary/aromatic N) is 1. The molecule has 6 heteroatoms. The summed E-state index contributed by atoms with van der Waals surface area (Å²) < 4.78 is 12.9. The summed E-state index contributed by atoms with van der Waals surface area (Å²) in [6.45, 7) is 3.93. The highest BCUT2D eigenvalue weighted by molar-refractivity contribution is 5.93. The Morgan fingerprint density at radius 3 is 2.55 bits per heavy atom. The fraction of sp³-hybridized carbons (Fsp3) is 0.375. The number of nitrogens with one attached hydrogen (secondary N) is 2. The van der Waals surface area contributed by atoms with Gasteiger partial charge in [-0.2, -0.15) is 5.10 Å². The van der Waals surface area contributed by atoms with E-state index in [4.69, 9.17) is 0 Å². The van der Waals surface area contributed by atoms with Gasteiger partial charge in [0, 0.05) is 12.1 Å². The molecule has 0 aliphatic carbocycles. The number of H-pyrrole nitrogens is 1. The van der Waals surface area contributed by atoms with E-state index in [-0.39, 0.29) is 18.3 Å². The van der Waals surface area contributed by atoms with Gasteiger partial charge in [-0.15, -0.1) is 0 Å². The SMILES string of the molecule is CCC(O)(CC)CNC(=O)c1cc(-c2ccc(F)cc2)n[nH]1. The molecule has 1 heterocycles.